The Morgan fingerprint density at radius 2 is 1.70 bits per heavy atom. The minimum atomic E-state index is -0.666. The molecule has 0 aromatic heterocycles. The van der Waals surface area contributed by atoms with Crippen molar-refractivity contribution in [3.63, 3.8) is 0 Å². The van der Waals surface area contributed by atoms with Crippen LogP contribution in [0.1, 0.15) is 70.6 Å². The maximum absolute atomic E-state index is 14.8. The number of ether oxygens (including phenoxy) is 1. The van der Waals surface area contributed by atoms with Crippen LogP contribution in [0.2, 0.25) is 0 Å². The standard InChI is InChI=1S/C39H47F2N3O2/c1-6-26(4)39(45)31-18-19-44(24-28-14-10-9-11-15-28)25-34(31)29(7-2)20-27(5)38(42)32-16-12-13-17-37(32)43-23-33-35(40)21-30(46-8-3)22-36(33)41/h9-17,20-22,29,42-43,45H,6-8,18-19,23-25H2,1-5H3/p+1/b27-20+,39-26?,42-38?. The Balaban J connectivity index is 1.61. The van der Waals surface area contributed by atoms with E-state index in [9.17, 15) is 13.9 Å². The van der Waals surface area contributed by atoms with E-state index in [1.807, 2.05) is 44.2 Å². The van der Waals surface area contributed by atoms with Crippen LogP contribution in [0.4, 0.5) is 14.5 Å². The molecule has 3 aromatic rings. The van der Waals surface area contributed by atoms with Crippen molar-refractivity contribution in [2.24, 2.45) is 5.92 Å². The van der Waals surface area contributed by atoms with E-state index < -0.39 is 11.6 Å². The molecule has 1 aliphatic heterocycles. The fraction of sp³-hybridized carbons (Fsp3) is 0.359. The Labute approximate surface area is 272 Å². The van der Waals surface area contributed by atoms with Crippen molar-refractivity contribution in [1.29, 1.82) is 0 Å². The highest BCUT2D eigenvalue weighted by molar-refractivity contribution is 6.11. The number of nitrogens with one attached hydrogen (secondary N) is 1. The lowest BCUT2D eigenvalue weighted by molar-refractivity contribution is -0.111. The normalized spacial score (nSPS) is 15.4. The number of aliphatic hydroxyl groups excluding tert-OH is 1. The Kier molecular flexibility index (Phi) is 12.3. The van der Waals surface area contributed by atoms with Gasteiger partial charge in [0.25, 0.3) is 0 Å². The SMILES string of the molecule is CCOc1cc(F)c(CNc2ccccc2C(=[NH2+])/C(C)=C/C(CC)C2=C(C(O)=C(C)CC)CCN(Cc3ccccc3)C2)c(F)c1. The molecule has 7 heteroatoms. The van der Waals surface area contributed by atoms with Crippen LogP contribution in [-0.4, -0.2) is 35.4 Å². The smallest absolute Gasteiger partial charge is 0.208 e. The first-order valence-corrected chi connectivity index (χ1v) is 16.3. The number of rotatable bonds is 14. The topological polar surface area (TPSA) is 70.3 Å². The van der Waals surface area contributed by atoms with Gasteiger partial charge in [0.05, 0.1) is 12.2 Å². The van der Waals surface area contributed by atoms with Crippen LogP contribution in [0.3, 0.4) is 0 Å². The summed E-state index contributed by atoms with van der Waals surface area (Å²) in [6.07, 6.45) is 4.61. The summed E-state index contributed by atoms with van der Waals surface area (Å²) in [5, 5.41) is 21.3. The van der Waals surface area contributed by atoms with Crippen molar-refractivity contribution in [3.05, 3.63) is 129 Å². The molecule has 244 valence electrons. The molecule has 0 aliphatic carbocycles. The molecule has 0 spiro atoms. The molecule has 0 fully saturated rings. The maximum Gasteiger partial charge on any atom is 0.208 e. The van der Waals surface area contributed by atoms with Gasteiger partial charge in [-0.05, 0) is 74.4 Å². The van der Waals surface area contributed by atoms with Gasteiger partial charge in [-0.15, -0.1) is 0 Å². The monoisotopic (exact) mass is 628 g/mol. The van der Waals surface area contributed by atoms with Crippen LogP contribution in [0.15, 0.2) is 101 Å². The number of allylic oxidation sites excluding steroid dienone is 4. The average molecular weight is 629 g/mol. The average Bonchev–Trinajstić information content (AvgIpc) is 3.06. The third-order valence-electron chi connectivity index (χ3n) is 8.79. The van der Waals surface area contributed by atoms with Crippen molar-refractivity contribution < 1.29 is 24.0 Å². The van der Waals surface area contributed by atoms with Crippen LogP contribution >= 0.6 is 0 Å². The van der Waals surface area contributed by atoms with Gasteiger partial charge in [-0.1, -0.05) is 62.4 Å². The molecule has 0 saturated heterocycles. The number of para-hydroxylation sites is 1. The van der Waals surface area contributed by atoms with E-state index in [1.54, 1.807) is 6.92 Å². The summed E-state index contributed by atoms with van der Waals surface area (Å²) in [6.45, 7) is 12.7. The molecule has 1 atom stereocenters. The second kappa shape index (κ2) is 16.4. The fourth-order valence-corrected chi connectivity index (χ4v) is 5.98. The van der Waals surface area contributed by atoms with Gasteiger partial charge in [-0.25, -0.2) is 8.78 Å². The highest BCUT2D eigenvalue weighted by Gasteiger charge is 2.27. The molecule has 1 heterocycles. The highest BCUT2D eigenvalue weighted by Crippen LogP contribution is 2.34. The van der Waals surface area contributed by atoms with E-state index in [4.69, 9.17) is 10.1 Å². The van der Waals surface area contributed by atoms with E-state index in [2.05, 4.69) is 54.4 Å². The number of hydrogen-bond donors (Lipinski definition) is 3. The van der Waals surface area contributed by atoms with Crippen molar-refractivity contribution in [1.82, 2.24) is 4.90 Å². The molecule has 1 unspecified atom stereocenters. The van der Waals surface area contributed by atoms with Crippen molar-refractivity contribution >= 4 is 11.4 Å². The molecule has 46 heavy (non-hydrogen) atoms. The summed E-state index contributed by atoms with van der Waals surface area (Å²) in [5.74, 6) is -0.687. The van der Waals surface area contributed by atoms with Crippen LogP contribution in [0.25, 0.3) is 0 Å². The third kappa shape index (κ3) is 8.52. The van der Waals surface area contributed by atoms with Crippen LogP contribution in [0.5, 0.6) is 5.75 Å². The van der Waals surface area contributed by atoms with Gasteiger partial charge in [0, 0.05) is 61.1 Å². The lowest BCUT2D eigenvalue weighted by Crippen LogP contribution is -2.41. The number of aliphatic hydroxyl groups is 1. The first kappa shape index (κ1) is 34.6. The highest BCUT2D eigenvalue weighted by atomic mass is 19.1. The summed E-state index contributed by atoms with van der Waals surface area (Å²) in [7, 11) is 0. The lowest BCUT2D eigenvalue weighted by Gasteiger charge is -2.34. The van der Waals surface area contributed by atoms with E-state index in [-0.39, 0.29) is 23.8 Å². The number of nitrogens with zero attached hydrogens (tertiary/aromatic N) is 1. The Hall–Kier alpha value is -4.23. The van der Waals surface area contributed by atoms with Gasteiger partial charge in [0.1, 0.15) is 23.1 Å². The molecule has 4 rings (SSSR count). The number of hydrogen-bond acceptors (Lipinski definition) is 4. The minimum absolute atomic E-state index is 0.0510. The minimum Gasteiger partial charge on any atom is -0.508 e. The van der Waals surface area contributed by atoms with Crippen molar-refractivity contribution in [3.8, 4) is 5.75 Å². The number of halogens is 2. The van der Waals surface area contributed by atoms with Gasteiger partial charge in [-0.2, -0.15) is 0 Å². The maximum atomic E-state index is 14.8. The molecule has 4 N–H and O–H groups in total. The summed E-state index contributed by atoms with van der Waals surface area (Å²) in [5.41, 5.74) is 7.37. The van der Waals surface area contributed by atoms with Crippen molar-refractivity contribution in [2.75, 3.05) is 25.0 Å². The van der Waals surface area contributed by atoms with Crippen LogP contribution < -0.4 is 15.5 Å². The zero-order chi connectivity index (χ0) is 33.2. The first-order valence-electron chi connectivity index (χ1n) is 16.3. The van der Waals surface area contributed by atoms with E-state index in [0.717, 1.165) is 61.2 Å². The molecule has 5 nitrogen and oxygen atoms in total. The first-order chi connectivity index (χ1) is 22.2. The lowest BCUT2D eigenvalue weighted by atomic mass is 9.84. The van der Waals surface area contributed by atoms with E-state index >= 15 is 0 Å². The van der Waals surface area contributed by atoms with Gasteiger partial charge in [-0.3, -0.25) is 10.3 Å². The fourth-order valence-electron chi connectivity index (χ4n) is 5.98. The second-order valence-electron chi connectivity index (χ2n) is 11.9. The number of nitrogens with two attached hydrogens (primary N) is 1. The van der Waals surface area contributed by atoms with Gasteiger partial charge in [0.15, 0.2) is 0 Å². The summed E-state index contributed by atoms with van der Waals surface area (Å²) >= 11 is 0. The van der Waals surface area contributed by atoms with E-state index in [1.165, 1.54) is 23.3 Å². The number of benzene rings is 3. The predicted molar refractivity (Wildman–Crippen MR) is 184 cm³/mol. The molecule has 0 amide bonds. The zero-order valence-electron chi connectivity index (χ0n) is 27.8. The van der Waals surface area contributed by atoms with Crippen LogP contribution in [-0.2, 0) is 13.1 Å². The Morgan fingerprint density at radius 3 is 2.35 bits per heavy atom. The molecule has 0 radical (unpaired) electrons. The molecular weight excluding hydrogens is 580 g/mol. The predicted octanol–water partition coefficient (Wildman–Crippen LogP) is 7.94. The van der Waals surface area contributed by atoms with Gasteiger partial charge < -0.3 is 15.2 Å². The summed E-state index contributed by atoms with van der Waals surface area (Å²) in [6, 6.07) is 20.4. The second-order valence-corrected chi connectivity index (χ2v) is 11.9. The molecule has 0 saturated carbocycles. The molecular formula is C39H48F2N3O2+. The number of anilines is 1. The summed E-state index contributed by atoms with van der Waals surface area (Å²) < 4.78 is 34.8. The quantitative estimate of drug-likeness (QED) is 0.125. The third-order valence-corrected chi connectivity index (χ3v) is 8.79. The molecule has 0 bridgehead atoms. The Bertz CT molecular complexity index is 1590. The van der Waals surface area contributed by atoms with Gasteiger partial charge >= 0.3 is 0 Å². The summed E-state index contributed by atoms with van der Waals surface area (Å²) in [4.78, 5) is 2.44. The van der Waals surface area contributed by atoms with Gasteiger partial charge in [0.2, 0.25) is 5.71 Å². The molecule has 1 aliphatic rings. The molecule has 3 aromatic carbocycles. The largest absolute Gasteiger partial charge is 0.508 e. The Morgan fingerprint density at radius 1 is 1.02 bits per heavy atom. The van der Waals surface area contributed by atoms with Crippen molar-refractivity contribution in [2.45, 2.75) is 67.0 Å². The van der Waals surface area contributed by atoms with Crippen LogP contribution in [0, 0.1) is 17.6 Å². The van der Waals surface area contributed by atoms with E-state index in [0.29, 0.717) is 23.8 Å². The zero-order valence-corrected chi connectivity index (χ0v) is 27.8.